The number of carbonyl (C=O) groups is 1. The van der Waals surface area contributed by atoms with Crippen LogP contribution in [0.3, 0.4) is 0 Å². The molecule has 1 aromatic rings. The van der Waals surface area contributed by atoms with Crippen molar-refractivity contribution in [1.29, 1.82) is 0 Å². The lowest BCUT2D eigenvalue weighted by atomic mass is 10.0. The molecule has 0 radical (unpaired) electrons. The van der Waals surface area contributed by atoms with E-state index in [9.17, 15) is 4.79 Å². The molecule has 17 heavy (non-hydrogen) atoms. The van der Waals surface area contributed by atoms with Gasteiger partial charge in [0.25, 0.3) is 0 Å². The van der Waals surface area contributed by atoms with Crippen LogP contribution in [0, 0.1) is 0 Å². The fourth-order valence-corrected chi connectivity index (χ4v) is 1.97. The van der Waals surface area contributed by atoms with Crippen LogP contribution in [0.5, 0.6) is 5.75 Å². The van der Waals surface area contributed by atoms with E-state index in [2.05, 4.69) is 5.32 Å². The maximum absolute atomic E-state index is 12.1. The van der Waals surface area contributed by atoms with Crippen LogP contribution in [0.25, 0.3) is 0 Å². The summed E-state index contributed by atoms with van der Waals surface area (Å²) in [6.45, 7) is 6.35. The van der Waals surface area contributed by atoms with Gasteiger partial charge in [-0.25, -0.2) is 4.79 Å². The summed E-state index contributed by atoms with van der Waals surface area (Å²) >= 11 is 0. The number of ether oxygens (including phenoxy) is 1. The summed E-state index contributed by atoms with van der Waals surface area (Å²) in [6, 6.07) is 9.17. The number of nitrogens with zero attached hydrogens (tertiary/aromatic N) is 1. The molecule has 1 heterocycles. The number of carbonyl (C=O) groups excluding carboxylic acids is 1. The van der Waals surface area contributed by atoms with Crippen molar-refractivity contribution in [3.8, 4) is 5.75 Å². The third-order valence-corrected chi connectivity index (χ3v) is 2.97. The first-order valence-corrected chi connectivity index (χ1v) is 5.85. The minimum Gasteiger partial charge on any atom is -0.410 e. The zero-order chi connectivity index (χ0) is 12.3. The molecule has 0 aromatic heterocycles. The molecule has 92 valence electrons. The van der Waals surface area contributed by atoms with Crippen LogP contribution in [0.4, 0.5) is 4.79 Å². The molecule has 1 aliphatic rings. The monoisotopic (exact) mass is 234 g/mol. The molecule has 4 heteroatoms. The van der Waals surface area contributed by atoms with Gasteiger partial charge in [0.1, 0.15) is 5.75 Å². The van der Waals surface area contributed by atoms with E-state index in [4.69, 9.17) is 4.74 Å². The lowest BCUT2D eigenvalue weighted by Crippen LogP contribution is -2.60. The highest BCUT2D eigenvalue weighted by Crippen LogP contribution is 2.19. The summed E-state index contributed by atoms with van der Waals surface area (Å²) in [7, 11) is 0. The number of hydrogen-bond donors (Lipinski definition) is 1. The molecule has 1 fully saturated rings. The maximum atomic E-state index is 12.1. The molecular weight excluding hydrogens is 216 g/mol. The number of benzene rings is 1. The Morgan fingerprint density at radius 3 is 2.71 bits per heavy atom. The van der Waals surface area contributed by atoms with Crippen molar-refractivity contribution in [1.82, 2.24) is 10.2 Å². The molecule has 1 saturated heterocycles. The molecule has 1 aliphatic heterocycles. The quantitative estimate of drug-likeness (QED) is 0.806. The lowest BCUT2D eigenvalue weighted by molar-refractivity contribution is 0.0819. The van der Waals surface area contributed by atoms with E-state index in [1.54, 1.807) is 17.0 Å². The summed E-state index contributed by atoms with van der Waals surface area (Å²) in [4.78, 5) is 13.8. The molecule has 0 aliphatic carbocycles. The molecule has 1 amide bonds. The molecule has 1 aromatic carbocycles. The van der Waals surface area contributed by atoms with E-state index in [0.717, 1.165) is 13.1 Å². The topological polar surface area (TPSA) is 41.6 Å². The second-order valence-corrected chi connectivity index (χ2v) is 4.82. The summed E-state index contributed by atoms with van der Waals surface area (Å²) in [5.74, 6) is 0.590. The number of amides is 1. The Hall–Kier alpha value is -1.55. The van der Waals surface area contributed by atoms with Crippen molar-refractivity contribution in [3.63, 3.8) is 0 Å². The second-order valence-electron chi connectivity index (χ2n) is 4.82. The molecule has 4 nitrogen and oxygen atoms in total. The van der Waals surface area contributed by atoms with Crippen LogP contribution >= 0.6 is 0 Å². The van der Waals surface area contributed by atoms with Crippen LogP contribution in [-0.4, -0.2) is 36.2 Å². The van der Waals surface area contributed by atoms with Crippen LogP contribution in [0.2, 0.25) is 0 Å². The normalized spacial score (nSPS) is 18.8. The largest absolute Gasteiger partial charge is 0.415 e. The van der Waals surface area contributed by atoms with Crippen molar-refractivity contribution in [2.45, 2.75) is 19.4 Å². The van der Waals surface area contributed by atoms with Crippen LogP contribution in [0.15, 0.2) is 30.3 Å². The summed E-state index contributed by atoms with van der Waals surface area (Å²) in [6.07, 6.45) is -0.275. The SMILES string of the molecule is CC1(C)CNCCN1C(=O)Oc1ccccc1. The summed E-state index contributed by atoms with van der Waals surface area (Å²) in [5, 5.41) is 3.27. The Morgan fingerprint density at radius 2 is 2.06 bits per heavy atom. The van der Waals surface area contributed by atoms with Gasteiger partial charge in [0.2, 0.25) is 0 Å². The Morgan fingerprint density at radius 1 is 1.35 bits per heavy atom. The van der Waals surface area contributed by atoms with Gasteiger partial charge in [-0.15, -0.1) is 0 Å². The van der Waals surface area contributed by atoms with Gasteiger partial charge in [-0.3, -0.25) is 0 Å². The van der Waals surface area contributed by atoms with Gasteiger partial charge in [-0.05, 0) is 26.0 Å². The molecule has 2 rings (SSSR count). The first-order valence-electron chi connectivity index (χ1n) is 5.85. The Bertz CT molecular complexity index is 390. The van der Waals surface area contributed by atoms with Crippen LogP contribution < -0.4 is 10.1 Å². The first-order chi connectivity index (χ1) is 8.09. The van der Waals surface area contributed by atoms with Gasteiger partial charge >= 0.3 is 6.09 Å². The average molecular weight is 234 g/mol. The van der Waals surface area contributed by atoms with Crippen molar-refractivity contribution in [2.24, 2.45) is 0 Å². The Labute approximate surface area is 102 Å². The molecular formula is C13H18N2O2. The van der Waals surface area contributed by atoms with Crippen molar-refractivity contribution >= 4 is 6.09 Å². The maximum Gasteiger partial charge on any atom is 0.415 e. The van der Waals surface area contributed by atoms with Gasteiger partial charge in [-0.2, -0.15) is 0 Å². The number of nitrogens with one attached hydrogen (secondary N) is 1. The van der Waals surface area contributed by atoms with Gasteiger partial charge in [-0.1, -0.05) is 18.2 Å². The summed E-state index contributed by atoms with van der Waals surface area (Å²) < 4.78 is 5.35. The third-order valence-electron chi connectivity index (χ3n) is 2.97. The molecule has 0 spiro atoms. The fourth-order valence-electron chi connectivity index (χ4n) is 1.97. The van der Waals surface area contributed by atoms with E-state index in [0.29, 0.717) is 12.3 Å². The molecule has 0 atom stereocenters. The first kappa shape index (κ1) is 11.9. The zero-order valence-corrected chi connectivity index (χ0v) is 10.3. The van der Waals surface area contributed by atoms with Gasteiger partial charge in [0.05, 0.1) is 5.54 Å². The van der Waals surface area contributed by atoms with Crippen LogP contribution in [0.1, 0.15) is 13.8 Å². The highest BCUT2D eigenvalue weighted by molar-refractivity contribution is 5.71. The minimum atomic E-state index is -0.275. The fraction of sp³-hybridized carbons (Fsp3) is 0.462. The van der Waals surface area contributed by atoms with Crippen LogP contribution in [-0.2, 0) is 0 Å². The molecule has 0 saturated carbocycles. The predicted molar refractivity (Wildman–Crippen MR) is 66.1 cm³/mol. The second kappa shape index (κ2) is 4.75. The van der Waals surface area contributed by atoms with Crippen molar-refractivity contribution in [3.05, 3.63) is 30.3 Å². The number of rotatable bonds is 1. The average Bonchev–Trinajstić information content (AvgIpc) is 2.29. The number of piperazine rings is 1. The lowest BCUT2D eigenvalue weighted by Gasteiger charge is -2.41. The molecule has 1 N–H and O–H groups in total. The Kier molecular flexibility index (Phi) is 3.33. The van der Waals surface area contributed by atoms with Gasteiger partial charge in [0.15, 0.2) is 0 Å². The van der Waals surface area contributed by atoms with Gasteiger partial charge < -0.3 is 15.0 Å². The van der Waals surface area contributed by atoms with E-state index < -0.39 is 0 Å². The molecule has 0 bridgehead atoms. The zero-order valence-electron chi connectivity index (χ0n) is 10.3. The van der Waals surface area contributed by atoms with Gasteiger partial charge in [0, 0.05) is 19.6 Å². The predicted octanol–water partition coefficient (Wildman–Crippen LogP) is 1.87. The van der Waals surface area contributed by atoms with E-state index >= 15 is 0 Å². The standard InChI is InChI=1S/C13H18N2O2/c1-13(2)10-14-8-9-15(13)12(16)17-11-6-4-3-5-7-11/h3-7,14H,8-10H2,1-2H3. The molecule has 0 unspecified atom stereocenters. The highest BCUT2D eigenvalue weighted by atomic mass is 16.6. The minimum absolute atomic E-state index is 0.204. The van der Waals surface area contributed by atoms with Crippen molar-refractivity contribution in [2.75, 3.05) is 19.6 Å². The summed E-state index contributed by atoms with van der Waals surface area (Å²) in [5.41, 5.74) is -0.204. The highest BCUT2D eigenvalue weighted by Gasteiger charge is 2.34. The van der Waals surface area contributed by atoms with Crippen molar-refractivity contribution < 1.29 is 9.53 Å². The Balaban J connectivity index is 2.04. The smallest absolute Gasteiger partial charge is 0.410 e. The third kappa shape index (κ3) is 2.77. The van der Waals surface area contributed by atoms with E-state index in [1.165, 1.54) is 0 Å². The number of para-hydroxylation sites is 1. The van der Waals surface area contributed by atoms with E-state index in [-0.39, 0.29) is 11.6 Å². The van der Waals surface area contributed by atoms with E-state index in [1.807, 2.05) is 32.0 Å². The number of hydrogen-bond acceptors (Lipinski definition) is 3.